The van der Waals surface area contributed by atoms with Crippen LogP contribution in [0.3, 0.4) is 0 Å². The van der Waals surface area contributed by atoms with Crippen LogP contribution in [-0.2, 0) is 0 Å². The summed E-state index contributed by atoms with van der Waals surface area (Å²) < 4.78 is 15.9. The van der Waals surface area contributed by atoms with Gasteiger partial charge in [-0.3, -0.25) is 14.9 Å². The fourth-order valence-corrected chi connectivity index (χ4v) is 2.29. The van der Waals surface area contributed by atoms with Crippen molar-refractivity contribution in [3.05, 3.63) is 52.0 Å². The summed E-state index contributed by atoms with van der Waals surface area (Å²) in [6.45, 7) is 2.36. The molecule has 0 unspecified atom stereocenters. The SMILES string of the molecule is C[C@H](NC(=O)c1cc2c(cc1[N+](=O)[O-])OCCO2)c1ccco1. The van der Waals surface area contributed by atoms with E-state index in [0.29, 0.717) is 24.7 Å². The molecule has 2 aromatic rings. The van der Waals surface area contributed by atoms with E-state index in [1.165, 1.54) is 18.4 Å². The molecule has 23 heavy (non-hydrogen) atoms. The smallest absolute Gasteiger partial charge is 0.286 e. The van der Waals surface area contributed by atoms with Crippen molar-refractivity contribution < 1.29 is 23.6 Å². The number of hydrogen-bond acceptors (Lipinski definition) is 6. The number of nitro benzene ring substituents is 1. The molecule has 1 N–H and O–H groups in total. The largest absolute Gasteiger partial charge is 0.486 e. The first-order valence-corrected chi connectivity index (χ1v) is 6.98. The average molecular weight is 318 g/mol. The van der Waals surface area contributed by atoms with Crippen molar-refractivity contribution >= 4 is 11.6 Å². The van der Waals surface area contributed by atoms with Crippen LogP contribution in [0.5, 0.6) is 11.5 Å². The summed E-state index contributed by atoms with van der Waals surface area (Å²) in [6.07, 6.45) is 1.49. The van der Waals surface area contributed by atoms with Gasteiger partial charge in [0.15, 0.2) is 11.5 Å². The van der Waals surface area contributed by atoms with Gasteiger partial charge in [0.05, 0.1) is 23.3 Å². The molecule has 0 saturated carbocycles. The first kappa shape index (κ1) is 14.9. The van der Waals surface area contributed by atoms with Gasteiger partial charge in [0, 0.05) is 6.07 Å². The zero-order valence-corrected chi connectivity index (χ0v) is 12.3. The Labute approximate surface area is 131 Å². The molecule has 0 saturated heterocycles. The number of hydrogen-bond donors (Lipinski definition) is 1. The Bertz CT molecular complexity index is 741. The number of ether oxygens (including phenoxy) is 2. The van der Waals surface area contributed by atoms with E-state index in [4.69, 9.17) is 13.9 Å². The van der Waals surface area contributed by atoms with E-state index in [9.17, 15) is 14.9 Å². The third-order valence-corrected chi connectivity index (χ3v) is 3.42. The highest BCUT2D eigenvalue weighted by Crippen LogP contribution is 2.36. The third-order valence-electron chi connectivity index (χ3n) is 3.42. The van der Waals surface area contributed by atoms with Crippen LogP contribution in [0.4, 0.5) is 5.69 Å². The second kappa shape index (κ2) is 5.99. The number of nitro groups is 1. The number of rotatable bonds is 4. The van der Waals surface area contributed by atoms with E-state index in [1.54, 1.807) is 19.1 Å². The normalized spacial score (nSPS) is 14.1. The summed E-state index contributed by atoms with van der Waals surface area (Å²) in [6, 6.07) is 5.52. The zero-order chi connectivity index (χ0) is 16.4. The second-order valence-corrected chi connectivity index (χ2v) is 4.98. The summed E-state index contributed by atoms with van der Waals surface area (Å²) in [7, 11) is 0. The van der Waals surface area contributed by atoms with Gasteiger partial charge in [0.1, 0.15) is 24.5 Å². The van der Waals surface area contributed by atoms with Crippen molar-refractivity contribution in [2.24, 2.45) is 0 Å². The number of amides is 1. The van der Waals surface area contributed by atoms with Crippen LogP contribution in [-0.4, -0.2) is 24.0 Å². The van der Waals surface area contributed by atoms with Gasteiger partial charge in [-0.05, 0) is 19.1 Å². The van der Waals surface area contributed by atoms with E-state index in [0.717, 1.165) is 0 Å². The van der Waals surface area contributed by atoms with Crippen LogP contribution in [0.15, 0.2) is 34.9 Å². The Morgan fingerprint density at radius 2 is 2.00 bits per heavy atom. The molecular formula is C15H14N2O6. The number of carbonyl (C=O) groups is 1. The predicted octanol–water partition coefficient (Wildman–Crippen LogP) is 2.45. The van der Waals surface area contributed by atoms with Gasteiger partial charge in [-0.25, -0.2) is 0 Å². The van der Waals surface area contributed by atoms with E-state index < -0.39 is 16.9 Å². The maximum atomic E-state index is 12.4. The lowest BCUT2D eigenvalue weighted by molar-refractivity contribution is -0.385. The first-order valence-electron chi connectivity index (χ1n) is 6.98. The lowest BCUT2D eigenvalue weighted by Gasteiger charge is -2.19. The molecule has 2 heterocycles. The van der Waals surface area contributed by atoms with Gasteiger partial charge >= 0.3 is 0 Å². The zero-order valence-electron chi connectivity index (χ0n) is 12.3. The molecule has 3 rings (SSSR count). The van der Waals surface area contributed by atoms with Crippen LogP contribution in [0.25, 0.3) is 0 Å². The molecule has 120 valence electrons. The Balaban J connectivity index is 1.91. The molecular weight excluding hydrogens is 304 g/mol. The molecule has 0 bridgehead atoms. The Morgan fingerprint density at radius 3 is 2.61 bits per heavy atom. The molecule has 1 aliphatic heterocycles. The van der Waals surface area contributed by atoms with Crippen LogP contribution < -0.4 is 14.8 Å². The van der Waals surface area contributed by atoms with E-state index in [1.807, 2.05) is 0 Å². The van der Waals surface area contributed by atoms with E-state index >= 15 is 0 Å². The highest BCUT2D eigenvalue weighted by molar-refractivity contribution is 5.99. The fourth-order valence-electron chi connectivity index (χ4n) is 2.29. The molecule has 1 aromatic heterocycles. The minimum absolute atomic E-state index is 0.0855. The Morgan fingerprint density at radius 1 is 1.30 bits per heavy atom. The van der Waals surface area contributed by atoms with Gasteiger partial charge in [0.25, 0.3) is 11.6 Å². The van der Waals surface area contributed by atoms with Crippen LogP contribution in [0, 0.1) is 10.1 Å². The number of benzene rings is 1. The summed E-state index contributed by atoms with van der Waals surface area (Å²) >= 11 is 0. The summed E-state index contributed by atoms with van der Waals surface area (Å²) in [5, 5.41) is 13.9. The lowest BCUT2D eigenvalue weighted by atomic mass is 10.1. The van der Waals surface area contributed by atoms with Crippen molar-refractivity contribution in [2.75, 3.05) is 13.2 Å². The van der Waals surface area contributed by atoms with Crippen LogP contribution in [0.1, 0.15) is 29.1 Å². The minimum atomic E-state index is -0.620. The topological polar surface area (TPSA) is 104 Å². The number of fused-ring (bicyclic) bond motifs is 1. The van der Waals surface area contributed by atoms with Gasteiger partial charge in [-0.2, -0.15) is 0 Å². The molecule has 1 amide bonds. The predicted molar refractivity (Wildman–Crippen MR) is 78.7 cm³/mol. The summed E-state index contributed by atoms with van der Waals surface area (Å²) in [4.78, 5) is 23.0. The maximum absolute atomic E-state index is 12.4. The van der Waals surface area contributed by atoms with E-state index in [2.05, 4.69) is 5.32 Å². The molecule has 1 aromatic carbocycles. The van der Waals surface area contributed by atoms with E-state index in [-0.39, 0.29) is 17.0 Å². The van der Waals surface area contributed by atoms with Gasteiger partial charge in [-0.15, -0.1) is 0 Å². The van der Waals surface area contributed by atoms with Crippen LogP contribution >= 0.6 is 0 Å². The number of nitrogens with zero attached hydrogens (tertiary/aromatic N) is 1. The van der Waals surface area contributed by atoms with Crippen molar-refractivity contribution in [2.45, 2.75) is 13.0 Å². The molecule has 0 spiro atoms. The maximum Gasteiger partial charge on any atom is 0.286 e. The first-order chi connectivity index (χ1) is 11.1. The standard InChI is InChI=1S/C15H14N2O6/c1-9(12-3-2-4-21-12)16-15(18)10-7-13-14(23-6-5-22-13)8-11(10)17(19)20/h2-4,7-9H,5-6H2,1H3,(H,16,18)/t9-/m0/s1. The van der Waals surface area contributed by atoms with Crippen molar-refractivity contribution in [3.63, 3.8) is 0 Å². The Hall–Kier alpha value is -3.03. The summed E-state index contributed by atoms with van der Waals surface area (Å²) in [5.41, 5.74) is -0.420. The molecule has 0 fully saturated rings. The molecule has 0 aliphatic carbocycles. The fraction of sp³-hybridized carbons (Fsp3) is 0.267. The molecule has 1 atom stereocenters. The third kappa shape index (κ3) is 2.96. The molecule has 0 radical (unpaired) electrons. The molecule has 1 aliphatic rings. The number of carbonyl (C=O) groups excluding carboxylic acids is 1. The van der Waals surface area contributed by atoms with Crippen molar-refractivity contribution in [3.8, 4) is 11.5 Å². The summed E-state index contributed by atoms with van der Waals surface area (Å²) in [5.74, 6) is 0.548. The monoisotopic (exact) mass is 318 g/mol. The van der Waals surface area contributed by atoms with Crippen molar-refractivity contribution in [1.82, 2.24) is 5.32 Å². The van der Waals surface area contributed by atoms with Gasteiger partial charge in [0.2, 0.25) is 0 Å². The lowest BCUT2D eigenvalue weighted by Crippen LogP contribution is -2.27. The average Bonchev–Trinajstić information content (AvgIpc) is 3.08. The number of furan rings is 1. The Kier molecular flexibility index (Phi) is 3.88. The van der Waals surface area contributed by atoms with Crippen molar-refractivity contribution in [1.29, 1.82) is 0 Å². The highest BCUT2D eigenvalue weighted by atomic mass is 16.6. The molecule has 8 nitrogen and oxygen atoms in total. The molecule has 8 heteroatoms. The van der Waals surface area contributed by atoms with Gasteiger partial charge in [-0.1, -0.05) is 0 Å². The second-order valence-electron chi connectivity index (χ2n) is 4.98. The number of nitrogens with one attached hydrogen (secondary N) is 1. The van der Waals surface area contributed by atoms with Gasteiger partial charge < -0.3 is 19.2 Å². The minimum Gasteiger partial charge on any atom is -0.486 e. The highest BCUT2D eigenvalue weighted by Gasteiger charge is 2.27. The van der Waals surface area contributed by atoms with Crippen LogP contribution in [0.2, 0.25) is 0 Å². The quantitative estimate of drug-likeness (QED) is 0.686.